The smallest absolute Gasteiger partial charge is 0.338 e. The van der Waals surface area contributed by atoms with Gasteiger partial charge in [-0.2, -0.15) is 4.31 Å². The third kappa shape index (κ3) is 8.86. The number of likely N-dealkylation sites (tertiary alicyclic amines) is 1. The highest BCUT2D eigenvalue weighted by Crippen LogP contribution is 2.46. The molecule has 284 valence electrons. The van der Waals surface area contributed by atoms with Gasteiger partial charge in [-0.1, -0.05) is 75.4 Å². The van der Waals surface area contributed by atoms with Gasteiger partial charge in [0.2, 0.25) is 21.8 Å². The van der Waals surface area contributed by atoms with Crippen LogP contribution < -0.4 is 16.0 Å². The summed E-state index contributed by atoms with van der Waals surface area (Å²) >= 11 is 0. The number of esters is 1. The van der Waals surface area contributed by atoms with E-state index < -0.39 is 63.0 Å². The Morgan fingerprint density at radius 3 is 2.26 bits per heavy atom. The molecule has 2 aliphatic heterocycles. The number of carbonyl (C=O) groups excluding carboxylic acids is 4. The number of halogens is 1. The molecule has 2 saturated heterocycles. The number of rotatable bonds is 11. The summed E-state index contributed by atoms with van der Waals surface area (Å²) in [7, 11) is -4.58. The molecule has 0 aliphatic carbocycles. The fourth-order valence-electron chi connectivity index (χ4n) is 6.88. The Hall–Kier alpha value is -4.86. The van der Waals surface area contributed by atoms with Crippen molar-refractivity contribution in [3.8, 4) is 0 Å². The van der Waals surface area contributed by atoms with E-state index in [0.29, 0.717) is 6.42 Å². The van der Waals surface area contributed by atoms with E-state index in [1.165, 1.54) is 42.5 Å². The molecule has 4 atom stereocenters. The molecule has 0 aromatic heterocycles. The van der Waals surface area contributed by atoms with E-state index >= 15 is 4.39 Å². The minimum absolute atomic E-state index is 0.00974. The molecule has 53 heavy (non-hydrogen) atoms. The second-order valence-corrected chi connectivity index (χ2v) is 16.4. The van der Waals surface area contributed by atoms with Crippen LogP contribution in [-0.4, -0.2) is 91.6 Å². The van der Waals surface area contributed by atoms with Crippen LogP contribution in [0.15, 0.2) is 78.9 Å². The lowest BCUT2D eigenvalue weighted by Crippen LogP contribution is -2.61. The monoisotopic (exact) mass is 751 g/mol. The Bertz CT molecular complexity index is 1920. The fourth-order valence-corrected chi connectivity index (χ4v) is 9.11. The second kappa shape index (κ2) is 16.4. The Morgan fingerprint density at radius 1 is 0.981 bits per heavy atom. The minimum atomic E-state index is -4.58. The summed E-state index contributed by atoms with van der Waals surface area (Å²) in [6, 6.07) is 13.9. The molecule has 0 saturated carbocycles. The van der Waals surface area contributed by atoms with Crippen molar-refractivity contribution in [3.05, 3.63) is 101 Å². The number of morpholine rings is 1. The quantitative estimate of drug-likeness (QED) is 0.278. The first kappa shape index (κ1) is 39.3. The summed E-state index contributed by atoms with van der Waals surface area (Å²) in [6.45, 7) is 7.22. The van der Waals surface area contributed by atoms with Gasteiger partial charge in [0.1, 0.15) is 23.7 Å². The lowest BCUT2D eigenvalue weighted by atomic mass is 9.92. The zero-order chi connectivity index (χ0) is 38.5. The van der Waals surface area contributed by atoms with Crippen molar-refractivity contribution in [1.82, 2.24) is 14.5 Å². The van der Waals surface area contributed by atoms with Gasteiger partial charge in [-0.05, 0) is 41.7 Å². The number of urea groups is 1. The van der Waals surface area contributed by atoms with Gasteiger partial charge >= 0.3 is 12.0 Å². The van der Waals surface area contributed by atoms with Gasteiger partial charge < -0.3 is 25.4 Å². The molecule has 15 heteroatoms. The molecule has 5 rings (SSSR count). The molecule has 0 bridgehead atoms. The molecule has 13 nitrogen and oxygen atoms in total. The molecule has 0 radical (unpaired) electrons. The molecule has 3 N–H and O–H groups in total. The molecule has 3 aromatic rings. The van der Waals surface area contributed by atoms with E-state index in [9.17, 15) is 27.6 Å². The number of benzene rings is 3. The standard InChI is InChI=1S/C38H46FN5O8S/c1-25(45)43-31(29-15-8-9-16-30(29)39)34(53(49,50)42-19-21-51-22-20-42)32(33(43)35(46)41-18-17-38(2,3)4)44(37(40)48)28-14-10-13-27(23-28)36(47)52-24-26-11-6-5-7-12-26/h5-16,23,31-34H,17-22,24H2,1-4H3,(H2,40,48)(H,41,46). The van der Waals surface area contributed by atoms with Crippen LogP contribution in [0.4, 0.5) is 14.9 Å². The summed E-state index contributed by atoms with van der Waals surface area (Å²) in [5.74, 6) is -3.05. The van der Waals surface area contributed by atoms with Gasteiger partial charge in [0, 0.05) is 37.8 Å². The van der Waals surface area contributed by atoms with Crippen LogP contribution >= 0.6 is 0 Å². The van der Waals surface area contributed by atoms with E-state index in [1.807, 2.05) is 26.8 Å². The zero-order valence-electron chi connectivity index (χ0n) is 30.2. The zero-order valence-corrected chi connectivity index (χ0v) is 31.1. The largest absolute Gasteiger partial charge is 0.457 e. The highest BCUT2D eigenvalue weighted by molar-refractivity contribution is 7.89. The predicted octanol–water partition coefficient (Wildman–Crippen LogP) is 3.99. The van der Waals surface area contributed by atoms with Crippen LogP contribution in [-0.2, 0) is 35.7 Å². The van der Waals surface area contributed by atoms with Crippen LogP contribution in [0.2, 0.25) is 0 Å². The first-order valence-electron chi connectivity index (χ1n) is 17.4. The van der Waals surface area contributed by atoms with E-state index in [0.717, 1.165) is 32.7 Å². The summed E-state index contributed by atoms with van der Waals surface area (Å²) in [5, 5.41) is 1.03. The van der Waals surface area contributed by atoms with Crippen molar-refractivity contribution in [3.63, 3.8) is 0 Å². The average molecular weight is 752 g/mol. The summed E-state index contributed by atoms with van der Waals surface area (Å²) < 4.78 is 57.9. The number of sulfonamides is 1. The van der Waals surface area contributed by atoms with Gasteiger partial charge in [-0.3, -0.25) is 14.5 Å². The topological polar surface area (TPSA) is 169 Å². The number of primary amides is 1. The summed E-state index contributed by atoms with van der Waals surface area (Å²) in [5.41, 5.74) is 6.43. The Kier molecular flexibility index (Phi) is 12.2. The van der Waals surface area contributed by atoms with Crippen molar-refractivity contribution in [2.45, 2.75) is 64.1 Å². The molecule has 2 aliphatic rings. The van der Waals surface area contributed by atoms with Gasteiger partial charge in [0.15, 0.2) is 0 Å². The first-order valence-corrected chi connectivity index (χ1v) is 18.9. The maximum absolute atomic E-state index is 15.9. The van der Waals surface area contributed by atoms with Crippen LogP contribution in [0.5, 0.6) is 0 Å². The number of nitrogens with two attached hydrogens (primary N) is 1. The third-order valence-corrected chi connectivity index (χ3v) is 11.7. The molecule has 4 amide bonds. The fraction of sp³-hybridized carbons (Fsp3) is 0.421. The number of anilines is 1. The average Bonchev–Trinajstić information content (AvgIpc) is 3.47. The van der Waals surface area contributed by atoms with Crippen LogP contribution in [0.1, 0.15) is 61.6 Å². The van der Waals surface area contributed by atoms with Crippen molar-refractivity contribution in [2.24, 2.45) is 11.1 Å². The van der Waals surface area contributed by atoms with Gasteiger partial charge in [0.05, 0.1) is 30.9 Å². The number of hydrogen-bond donors (Lipinski definition) is 2. The molecular formula is C38H46FN5O8S. The van der Waals surface area contributed by atoms with Crippen molar-refractivity contribution >= 4 is 39.5 Å². The number of ether oxygens (including phenoxy) is 2. The Labute approximate surface area is 309 Å². The minimum Gasteiger partial charge on any atom is -0.457 e. The highest BCUT2D eigenvalue weighted by atomic mass is 32.2. The van der Waals surface area contributed by atoms with E-state index in [4.69, 9.17) is 15.2 Å². The van der Waals surface area contributed by atoms with Crippen molar-refractivity contribution in [1.29, 1.82) is 0 Å². The maximum Gasteiger partial charge on any atom is 0.338 e. The van der Waals surface area contributed by atoms with Gasteiger partial charge in [0.25, 0.3) is 0 Å². The third-order valence-electron chi connectivity index (χ3n) is 9.38. The second-order valence-electron chi connectivity index (χ2n) is 14.3. The van der Waals surface area contributed by atoms with E-state index in [1.54, 1.807) is 24.3 Å². The highest BCUT2D eigenvalue weighted by Gasteiger charge is 2.63. The van der Waals surface area contributed by atoms with E-state index in [-0.39, 0.29) is 61.7 Å². The molecule has 3 aromatic carbocycles. The molecule has 0 spiro atoms. The lowest BCUT2D eigenvalue weighted by molar-refractivity contribution is -0.139. The predicted molar refractivity (Wildman–Crippen MR) is 195 cm³/mol. The Morgan fingerprint density at radius 2 is 1.64 bits per heavy atom. The molecule has 2 fully saturated rings. The van der Waals surface area contributed by atoms with Crippen LogP contribution in [0.3, 0.4) is 0 Å². The Balaban J connectivity index is 1.69. The lowest BCUT2D eigenvalue weighted by Gasteiger charge is -2.37. The number of amides is 4. The molecule has 4 unspecified atom stereocenters. The first-order chi connectivity index (χ1) is 25.1. The summed E-state index contributed by atoms with van der Waals surface area (Å²) in [4.78, 5) is 57.1. The van der Waals surface area contributed by atoms with Gasteiger partial charge in [-0.15, -0.1) is 0 Å². The van der Waals surface area contributed by atoms with Crippen molar-refractivity contribution < 1.29 is 41.5 Å². The molecule has 2 heterocycles. The number of nitrogens with one attached hydrogen (secondary N) is 1. The number of nitrogens with zero attached hydrogens (tertiary/aromatic N) is 3. The SMILES string of the molecule is CC(=O)N1C(C(=O)NCCC(C)(C)C)C(N(C(N)=O)c2cccc(C(=O)OCc3ccccc3)c2)C(S(=O)(=O)N2CCOCC2)C1c1ccccc1F. The van der Waals surface area contributed by atoms with Gasteiger partial charge in [-0.25, -0.2) is 22.4 Å². The normalized spacial score (nSPS) is 20.8. The maximum atomic E-state index is 15.9. The van der Waals surface area contributed by atoms with Crippen molar-refractivity contribution in [2.75, 3.05) is 37.7 Å². The summed E-state index contributed by atoms with van der Waals surface area (Å²) in [6.07, 6.45) is 0.523. The number of carbonyl (C=O) groups is 4. The van der Waals surface area contributed by atoms with Crippen LogP contribution in [0.25, 0.3) is 0 Å². The number of hydrogen-bond acceptors (Lipinski definition) is 8. The van der Waals surface area contributed by atoms with Crippen LogP contribution in [0, 0.1) is 11.2 Å². The molecular weight excluding hydrogens is 706 g/mol. The van der Waals surface area contributed by atoms with E-state index in [2.05, 4.69) is 5.32 Å².